The van der Waals surface area contributed by atoms with Gasteiger partial charge < -0.3 is 15.7 Å². The lowest BCUT2D eigenvalue weighted by Crippen LogP contribution is -2.42. The molecule has 0 aliphatic rings. The minimum atomic E-state index is -1.02. The summed E-state index contributed by atoms with van der Waals surface area (Å²) in [6, 6.07) is 4.31. The van der Waals surface area contributed by atoms with Crippen molar-refractivity contribution < 1.29 is 14.7 Å². The predicted molar refractivity (Wildman–Crippen MR) is 74.4 cm³/mol. The van der Waals surface area contributed by atoms with E-state index in [1.807, 2.05) is 32.9 Å². The SMILES string of the molecule is CCCC(NC(=O)Nc1ccc(C)cc1C)C(=O)O. The average Bonchev–Trinajstić information content (AvgIpc) is 2.32. The second-order valence-electron chi connectivity index (χ2n) is 4.60. The summed E-state index contributed by atoms with van der Waals surface area (Å²) in [5, 5.41) is 14.1. The lowest BCUT2D eigenvalue weighted by molar-refractivity contribution is -0.139. The van der Waals surface area contributed by atoms with Crippen LogP contribution in [0.5, 0.6) is 0 Å². The Balaban J connectivity index is 2.66. The molecule has 1 unspecified atom stereocenters. The summed E-state index contributed by atoms with van der Waals surface area (Å²) in [6.45, 7) is 5.74. The van der Waals surface area contributed by atoms with E-state index in [1.165, 1.54) is 0 Å². The summed E-state index contributed by atoms with van der Waals surface area (Å²) in [4.78, 5) is 22.7. The van der Waals surface area contributed by atoms with Crippen LogP contribution in [0, 0.1) is 13.8 Å². The molecule has 0 aliphatic carbocycles. The zero-order valence-corrected chi connectivity index (χ0v) is 11.5. The van der Waals surface area contributed by atoms with Gasteiger partial charge in [-0.25, -0.2) is 9.59 Å². The van der Waals surface area contributed by atoms with Crippen LogP contribution in [0.2, 0.25) is 0 Å². The third-order valence-electron chi connectivity index (χ3n) is 2.81. The van der Waals surface area contributed by atoms with Gasteiger partial charge in [-0.05, 0) is 31.9 Å². The Bertz CT molecular complexity index is 472. The monoisotopic (exact) mass is 264 g/mol. The van der Waals surface area contributed by atoms with Crippen molar-refractivity contribution in [1.82, 2.24) is 5.32 Å². The molecule has 1 aromatic rings. The van der Waals surface area contributed by atoms with Gasteiger partial charge in [-0.3, -0.25) is 0 Å². The highest BCUT2D eigenvalue weighted by Crippen LogP contribution is 2.15. The number of urea groups is 1. The molecule has 0 radical (unpaired) electrons. The van der Waals surface area contributed by atoms with Crippen LogP contribution in [0.15, 0.2) is 18.2 Å². The number of carbonyl (C=O) groups excluding carboxylic acids is 1. The van der Waals surface area contributed by atoms with Crippen LogP contribution in [-0.4, -0.2) is 23.1 Å². The van der Waals surface area contributed by atoms with E-state index < -0.39 is 18.0 Å². The minimum absolute atomic E-state index is 0.412. The van der Waals surface area contributed by atoms with Gasteiger partial charge >= 0.3 is 12.0 Å². The molecule has 0 saturated heterocycles. The summed E-state index contributed by atoms with van der Waals surface area (Å²) in [5.41, 5.74) is 2.74. The number of aliphatic carboxylic acids is 1. The van der Waals surface area contributed by atoms with Crippen molar-refractivity contribution in [3.05, 3.63) is 29.3 Å². The van der Waals surface area contributed by atoms with Gasteiger partial charge in [-0.15, -0.1) is 0 Å². The highest BCUT2D eigenvalue weighted by molar-refractivity contribution is 5.92. The molecule has 0 fully saturated rings. The van der Waals surface area contributed by atoms with Crippen molar-refractivity contribution in [1.29, 1.82) is 0 Å². The molecule has 5 nitrogen and oxygen atoms in total. The number of hydrogen-bond acceptors (Lipinski definition) is 2. The fraction of sp³-hybridized carbons (Fsp3) is 0.429. The van der Waals surface area contributed by atoms with E-state index in [0.29, 0.717) is 18.5 Å². The first-order chi connectivity index (χ1) is 8.93. The van der Waals surface area contributed by atoms with Crippen molar-refractivity contribution >= 4 is 17.7 Å². The van der Waals surface area contributed by atoms with E-state index in [-0.39, 0.29) is 0 Å². The van der Waals surface area contributed by atoms with Crippen molar-refractivity contribution in [2.45, 2.75) is 39.7 Å². The molecule has 0 aliphatic heterocycles. The van der Waals surface area contributed by atoms with E-state index in [4.69, 9.17) is 5.11 Å². The number of anilines is 1. The Morgan fingerprint density at radius 2 is 2.00 bits per heavy atom. The maximum atomic E-state index is 11.8. The maximum absolute atomic E-state index is 11.8. The Morgan fingerprint density at radius 3 is 2.53 bits per heavy atom. The quantitative estimate of drug-likeness (QED) is 0.765. The van der Waals surface area contributed by atoms with Crippen molar-refractivity contribution in [3.63, 3.8) is 0 Å². The van der Waals surface area contributed by atoms with Gasteiger partial charge in [0.05, 0.1) is 0 Å². The highest BCUT2D eigenvalue weighted by Gasteiger charge is 2.18. The third-order valence-corrected chi connectivity index (χ3v) is 2.81. The van der Waals surface area contributed by atoms with E-state index in [2.05, 4.69) is 10.6 Å². The predicted octanol–water partition coefficient (Wildman–Crippen LogP) is 2.68. The summed E-state index contributed by atoms with van der Waals surface area (Å²) < 4.78 is 0. The van der Waals surface area contributed by atoms with E-state index >= 15 is 0 Å². The van der Waals surface area contributed by atoms with Gasteiger partial charge in [-0.1, -0.05) is 31.0 Å². The van der Waals surface area contributed by atoms with Gasteiger partial charge in [0.25, 0.3) is 0 Å². The first kappa shape index (κ1) is 15.0. The largest absolute Gasteiger partial charge is 0.480 e. The molecule has 1 rings (SSSR count). The van der Waals surface area contributed by atoms with Crippen LogP contribution in [0.25, 0.3) is 0 Å². The Morgan fingerprint density at radius 1 is 1.32 bits per heavy atom. The average molecular weight is 264 g/mol. The normalized spacial score (nSPS) is 11.7. The standard InChI is InChI=1S/C14H20N2O3/c1-4-5-12(13(17)18)16-14(19)15-11-7-6-9(2)8-10(11)3/h6-8,12H,4-5H2,1-3H3,(H,17,18)(H2,15,16,19). The molecule has 0 saturated carbocycles. The molecule has 5 heteroatoms. The highest BCUT2D eigenvalue weighted by atomic mass is 16.4. The topological polar surface area (TPSA) is 78.4 Å². The number of aryl methyl sites for hydroxylation is 2. The number of nitrogens with one attached hydrogen (secondary N) is 2. The molecule has 1 atom stereocenters. The molecular formula is C14H20N2O3. The van der Waals surface area contributed by atoms with Gasteiger partial charge in [0.1, 0.15) is 6.04 Å². The molecule has 1 aromatic carbocycles. The first-order valence-corrected chi connectivity index (χ1v) is 6.31. The minimum Gasteiger partial charge on any atom is -0.480 e. The summed E-state index contributed by atoms with van der Waals surface area (Å²) >= 11 is 0. The van der Waals surface area contributed by atoms with Gasteiger partial charge in [0.15, 0.2) is 0 Å². The first-order valence-electron chi connectivity index (χ1n) is 6.31. The van der Waals surface area contributed by atoms with Crippen LogP contribution >= 0.6 is 0 Å². The lowest BCUT2D eigenvalue weighted by Gasteiger charge is -2.15. The van der Waals surface area contributed by atoms with Crippen LogP contribution in [0.1, 0.15) is 30.9 Å². The zero-order chi connectivity index (χ0) is 14.4. The van der Waals surface area contributed by atoms with Crippen LogP contribution in [-0.2, 0) is 4.79 Å². The number of rotatable bonds is 5. The molecule has 0 spiro atoms. The Labute approximate surface area is 113 Å². The Kier molecular flexibility index (Phi) is 5.36. The fourth-order valence-electron chi connectivity index (χ4n) is 1.82. The summed E-state index contributed by atoms with van der Waals surface area (Å²) in [7, 11) is 0. The molecule has 2 amide bonds. The van der Waals surface area contributed by atoms with Gasteiger partial charge in [-0.2, -0.15) is 0 Å². The molecule has 0 aromatic heterocycles. The smallest absolute Gasteiger partial charge is 0.326 e. The molecular weight excluding hydrogens is 244 g/mol. The number of benzene rings is 1. The van der Waals surface area contributed by atoms with Crippen LogP contribution in [0.4, 0.5) is 10.5 Å². The second kappa shape index (κ2) is 6.78. The van der Waals surface area contributed by atoms with E-state index in [1.54, 1.807) is 6.07 Å². The van der Waals surface area contributed by atoms with Gasteiger partial charge in [0, 0.05) is 5.69 Å². The van der Waals surface area contributed by atoms with Crippen LogP contribution < -0.4 is 10.6 Å². The van der Waals surface area contributed by atoms with Crippen molar-refractivity contribution in [2.75, 3.05) is 5.32 Å². The van der Waals surface area contributed by atoms with Crippen LogP contribution in [0.3, 0.4) is 0 Å². The molecule has 0 heterocycles. The fourth-order valence-corrected chi connectivity index (χ4v) is 1.82. The summed E-state index contributed by atoms with van der Waals surface area (Å²) in [6.07, 6.45) is 1.11. The second-order valence-corrected chi connectivity index (χ2v) is 4.60. The van der Waals surface area contributed by atoms with Crippen molar-refractivity contribution in [3.8, 4) is 0 Å². The summed E-state index contributed by atoms with van der Waals surface area (Å²) in [5.74, 6) is -1.02. The molecule has 3 N–H and O–H groups in total. The third kappa shape index (κ3) is 4.62. The number of amides is 2. The number of carbonyl (C=O) groups is 2. The molecule has 0 bridgehead atoms. The van der Waals surface area contributed by atoms with Crippen molar-refractivity contribution in [2.24, 2.45) is 0 Å². The van der Waals surface area contributed by atoms with E-state index in [9.17, 15) is 9.59 Å². The Hall–Kier alpha value is -2.04. The maximum Gasteiger partial charge on any atom is 0.326 e. The molecule has 104 valence electrons. The zero-order valence-electron chi connectivity index (χ0n) is 11.5. The number of hydrogen-bond donors (Lipinski definition) is 3. The number of carboxylic acids is 1. The molecule has 19 heavy (non-hydrogen) atoms. The van der Waals surface area contributed by atoms with E-state index in [0.717, 1.165) is 11.1 Å². The number of carboxylic acid groups (broad SMARTS) is 1. The van der Waals surface area contributed by atoms with Gasteiger partial charge in [0.2, 0.25) is 0 Å². The lowest BCUT2D eigenvalue weighted by atomic mass is 10.1.